The summed E-state index contributed by atoms with van der Waals surface area (Å²) in [5.74, 6) is -1.90. The molecule has 0 radical (unpaired) electrons. The SMILES string of the molecule is CNc1noc2ccc(-n3nc(C(N)=O)c4ccc(-c5ccc(-c6ccc[nH]c6=O)cc5F)c(F)c43)cc12. The van der Waals surface area contributed by atoms with E-state index in [1.807, 2.05) is 0 Å². The third-order valence-corrected chi connectivity index (χ3v) is 6.34. The number of benzene rings is 3. The first kappa shape index (κ1) is 23.1. The Morgan fingerprint density at radius 3 is 2.58 bits per heavy atom. The molecule has 0 spiro atoms. The molecular weight excluding hydrogens is 494 g/mol. The molecular formula is C27H18F2N6O3. The summed E-state index contributed by atoms with van der Waals surface area (Å²) in [6.07, 6.45) is 1.48. The Morgan fingerprint density at radius 2 is 1.84 bits per heavy atom. The zero-order valence-electron chi connectivity index (χ0n) is 19.8. The predicted molar refractivity (Wildman–Crippen MR) is 138 cm³/mol. The van der Waals surface area contributed by atoms with Crippen LogP contribution >= 0.6 is 0 Å². The van der Waals surface area contributed by atoms with E-state index in [0.717, 1.165) is 0 Å². The van der Waals surface area contributed by atoms with Crippen LogP contribution in [-0.4, -0.2) is 32.9 Å². The minimum Gasteiger partial charge on any atom is -0.370 e. The van der Waals surface area contributed by atoms with Gasteiger partial charge in [0.05, 0.1) is 11.1 Å². The van der Waals surface area contributed by atoms with Crippen LogP contribution in [0.5, 0.6) is 0 Å². The summed E-state index contributed by atoms with van der Waals surface area (Å²) >= 11 is 0. The second kappa shape index (κ2) is 8.66. The van der Waals surface area contributed by atoms with Gasteiger partial charge in [0.1, 0.15) is 11.3 Å². The largest absolute Gasteiger partial charge is 0.370 e. The fraction of sp³-hybridized carbons (Fsp3) is 0.0370. The molecule has 0 saturated carbocycles. The number of fused-ring (bicyclic) bond motifs is 2. The van der Waals surface area contributed by atoms with E-state index in [2.05, 4.69) is 20.6 Å². The van der Waals surface area contributed by atoms with Crippen molar-refractivity contribution in [3.8, 4) is 27.9 Å². The van der Waals surface area contributed by atoms with E-state index >= 15 is 8.78 Å². The van der Waals surface area contributed by atoms with Crippen LogP contribution < -0.4 is 16.6 Å². The average Bonchev–Trinajstić information content (AvgIpc) is 3.51. The van der Waals surface area contributed by atoms with Gasteiger partial charge in [-0.05, 0) is 48.0 Å². The number of nitrogens with zero attached hydrogens (tertiary/aromatic N) is 3. The molecule has 1 amide bonds. The third kappa shape index (κ3) is 3.52. The lowest BCUT2D eigenvalue weighted by molar-refractivity contribution is 0.0996. The molecule has 0 aliphatic heterocycles. The summed E-state index contributed by atoms with van der Waals surface area (Å²) in [7, 11) is 1.68. The van der Waals surface area contributed by atoms with Gasteiger partial charge in [0.2, 0.25) is 0 Å². The van der Waals surface area contributed by atoms with E-state index < -0.39 is 17.5 Å². The maximum absolute atomic E-state index is 16.2. The van der Waals surface area contributed by atoms with Crippen molar-refractivity contribution in [3.05, 3.63) is 94.5 Å². The van der Waals surface area contributed by atoms with Crippen LogP contribution in [0, 0.1) is 11.6 Å². The number of rotatable bonds is 5. The molecule has 3 aromatic heterocycles. The third-order valence-electron chi connectivity index (χ3n) is 6.34. The minimum atomic E-state index is -0.841. The van der Waals surface area contributed by atoms with Crippen molar-refractivity contribution in [1.82, 2.24) is 19.9 Å². The number of carbonyl (C=O) groups excluding carboxylic acids is 1. The Morgan fingerprint density at radius 1 is 1.03 bits per heavy atom. The van der Waals surface area contributed by atoms with Gasteiger partial charge in [0.25, 0.3) is 11.5 Å². The molecule has 38 heavy (non-hydrogen) atoms. The number of amides is 1. The van der Waals surface area contributed by atoms with Gasteiger partial charge in [-0.2, -0.15) is 5.10 Å². The first-order chi connectivity index (χ1) is 18.4. The lowest BCUT2D eigenvalue weighted by Gasteiger charge is -2.10. The first-order valence-electron chi connectivity index (χ1n) is 11.4. The lowest BCUT2D eigenvalue weighted by atomic mass is 9.98. The Balaban J connectivity index is 1.56. The van der Waals surface area contributed by atoms with Crippen LogP contribution in [0.2, 0.25) is 0 Å². The van der Waals surface area contributed by atoms with Crippen molar-refractivity contribution in [2.24, 2.45) is 5.73 Å². The fourth-order valence-electron chi connectivity index (χ4n) is 4.53. The van der Waals surface area contributed by atoms with E-state index in [0.29, 0.717) is 28.0 Å². The van der Waals surface area contributed by atoms with E-state index in [-0.39, 0.29) is 38.8 Å². The van der Waals surface area contributed by atoms with Gasteiger partial charge >= 0.3 is 0 Å². The molecule has 0 saturated heterocycles. The molecule has 0 aliphatic carbocycles. The number of nitrogens with two attached hydrogens (primary N) is 1. The molecule has 0 atom stereocenters. The maximum atomic E-state index is 16.2. The zero-order valence-corrected chi connectivity index (χ0v) is 19.8. The van der Waals surface area contributed by atoms with Crippen LogP contribution in [0.1, 0.15) is 10.5 Å². The highest BCUT2D eigenvalue weighted by Crippen LogP contribution is 2.35. The first-order valence-corrected chi connectivity index (χ1v) is 11.4. The number of H-pyrrole nitrogens is 1. The molecule has 11 heteroatoms. The van der Waals surface area contributed by atoms with Crippen molar-refractivity contribution in [3.63, 3.8) is 0 Å². The number of primary amides is 1. The minimum absolute atomic E-state index is 0.0270. The second-order valence-corrected chi connectivity index (χ2v) is 8.52. The van der Waals surface area contributed by atoms with E-state index in [1.54, 1.807) is 37.4 Å². The average molecular weight is 512 g/mol. The summed E-state index contributed by atoms with van der Waals surface area (Å²) in [5.41, 5.74) is 6.42. The number of aromatic amines is 1. The highest BCUT2D eigenvalue weighted by atomic mass is 19.1. The van der Waals surface area contributed by atoms with Crippen LogP contribution in [0.25, 0.3) is 49.8 Å². The van der Waals surface area contributed by atoms with Crippen molar-refractivity contribution in [2.75, 3.05) is 12.4 Å². The van der Waals surface area contributed by atoms with Crippen LogP contribution in [0.15, 0.2) is 76.2 Å². The second-order valence-electron chi connectivity index (χ2n) is 8.52. The highest BCUT2D eigenvalue weighted by molar-refractivity contribution is 6.05. The smallest absolute Gasteiger partial charge is 0.269 e. The van der Waals surface area contributed by atoms with Gasteiger partial charge in [-0.1, -0.05) is 23.4 Å². The van der Waals surface area contributed by atoms with Crippen molar-refractivity contribution >= 4 is 33.6 Å². The molecule has 6 rings (SSSR count). The summed E-state index contributed by atoms with van der Waals surface area (Å²) in [6, 6.07) is 15.1. The molecule has 9 nitrogen and oxygen atoms in total. The van der Waals surface area contributed by atoms with Crippen LogP contribution in [0.4, 0.5) is 14.6 Å². The number of carbonyl (C=O) groups is 1. The molecule has 0 fully saturated rings. The zero-order chi connectivity index (χ0) is 26.6. The van der Waals surface area contributed by atoms with Crippen LogP contribution in [0.3, 0.4) is 0 Å². The number of pyridine rings is 1. The molecule has 0 unspecified atom stereocenters. The van der Waals surface area contributed by atoms with E-state index in [9.17, 15) is 9.59 Å². The maximum Gasteiger partial charge on any atom is 0.269 e. The molecule has 3 heterocycles. The van der Waals surface area contributed by atoms with Crippen molar-refractivity contribution in [2.45, 2.75) is 0 Å². The van der Waals surface area contributed by atoms with Gasteiger partial charge in [0, 0.05) is 35.3 Å². The number of hydrogen-bond donors (Lipinski definition) is 3. The number of hydrogen-bond acceptors (Lipinski definition) is 6. The van der Waals surface area contributed by atoms with Crippen LogP contribution in [-0.2, 0) is 0 Å². The Labute approximate surface area is 212 Å². The molecule has 6 aromatic rings. The Bertz CT molecular complexity index is 1960. The van der Waals surface area contributed by atoms with Gasteiger partial charge in [-0.15, -0.1) is 0 Å². The summed E-state index contributed by atoms with van der Waals surface area (Å²) in [5, 5.41) is 11.9. The number of aromatic nitrogens is 4. The standard InChI is InChI=1S/C27H18F2N6O3/c1-31-26-19-12-14(5-9-21(19)38-34-26)35-24-18(23(33-35)25(30)36)8-7-17(22(24)29)16-6-4-13(11-20(16)28)15-3-2-10-32-27(15)37/h2-12H,1H3,(H2,30,36)(H,31,34)(H,32,37). The summed E-state index contributed by atoms with van der Waals surface area (Å²) < 4.78 is 38.0. The van der Waals surface area contributed by atoms with Gasteiger partial charge < -0.3 is 20.6 Å². The molecule has 4 N–H and O–H groups in total. The molecule has 0 aliphatic rings. The highest BCUT2D eigenvalue weighted by Gasteiger charge is 2.23. The number of nitrogens with one attached hydrogen (secondary N) is 2. The van der Waals surface area contributed by atoms with E-state index in [1.165, 1.54) is 41.2 Å². The molecule has 188 valence electrons. The fourth-order valence-corrected chi connectivity index (χ4v) is 4.53. The normalized spacial score (nSPS) is 11.3. The quantitative estimate of drug-likeness (QED) is 0.309. The number of anilines is 1. The van der Waals surface area contributed by atoms with Crippen molar-refractivity contribution in [1.29, 1.82) is 0 Å². The summed E-state index contributed by atoms with van der Waals surface area (Å²) in [6.45, 7) is 0. The lowest BCUT2D eigenvalue weighted by Crippen LogP contribution is -2.12. The van der Waals surface area contributed by atoms with E-state index in [4.69, 9.17) is 10.3 Å². The van der Waals surface area contributed by atoms with Gasteiger partial charge in [0.15, 0.2) is 22.9 Å². The van der Waals surface area contributed by atoms with Gasteiger partial charge in [-0.25, -0.2) is 13.5 Å². The monoisotopic (exact) mass is 512 g/mol. The topological polar surface area (TPSA) is 132 Å². The molecule has 0 bridgehead atoms. The predicted octanol–water partition coefficient (Wildman–Crippen LogP) is 4.61. The van der Waals surface area contributed by atoms with Gasteiger partial charge in [-0.3, -0.25) is 9.59 Å². The molecule has 3 aromatic carbocycles. The summed E-state index contributed by atoms with van der Waals surface area (Å²) in [4.78, 5) is 26.8. The van der Waals surface area contributed by atoms with Crippen molar-refractivity contribution < 1.29 is 18.1 Å². The Kier molecular flexibility index (Phi) is 5.26. The number of halogens is 2. The Hall–Kier alpha value is -5.32.